The topological polar surface area (TPSA) is 111 Å². The number of rotatable bonds is 4. The average molecular weight is 411 g/mol. The molecule has 1 aromatic carbocycles. The standard InChI is InChI=1S/C24H17N3O4/c1-30-23-19(24(25)29)22(28)21(18-5-3-13-31-18)27-20(23)17-10-8-15(9-11-17)6-7-16-4-2-12-26-14-16/h2-5,8-14,28H,1H3,(H2,25,29). The zero-order valence-corrected chi connectivity index (χ0v) is 16.5. The molecule has 1 amide bonds. The van der Waals surface area contributed by atoms with E-state index >= 15 is 0 Å². The summed E-state index contributed by atoms with van der Waals surface area (Å²) in [5, 5.41) is 10.6. The number of furan rings is 1. The van der Waals surface area contributed by atoms with Gasteiger partial charge in [-0.3, -0.25) is 9.78 Å². The Bertz CT molecular complexity index is 1290. The van der Waals surface area contributed by atoms with Gasteiger partial charge in [-0.05, 0) is 36.4 Å². The Balaban J connectivity index is 1.80. The number of nitrogens with zero attached hydrogens (tertiary/aromatic N) is 2. The number of aromatic hydroxyl groups is 1. The molecule has 3 heterocycles. The lowest BCUT2D eigenvalue weighted by atomic mass is 10.0. The van der Waals surface area contributed by atoms with Crippen molar-refractivity contribution >= 4 is 5.91 Å². The van der Waals surface area contributed by atoms with Crippen LogP contribution in [0.2, 0.25) is 0 Å². The number of methoxy groups -OCH3 is 1. The van der Waals surface area contributed by atoms with Gasteiger partial charge in [0.25, 0.3) is 5.91 Å². The van der Waals surface area contributed by atoms with E-state index in [0.717, 1.165) is 11.1 Å². The fourth-order valence-corrected chi connectivity index (χ4v) is 3.06. The van der Waals surface area contributed by atoms with E-state index in [9.17, 15) is 9.90 Å². The molecule has 0 saturated heterocycles. The molecule has 7 heteroatoms. The maximum atomic E-state index is 12.1. The zero-order chi connectivity index (χ0) is 21.8. The highest BCUT2D eigenvalue weighted by Crippen LogP contribution is 2.41. The lowest BCUT2D eigenvalue weighted by molar-refractivity contribution is 0.0994. The Hall–Kier alpha value is -4.57. The number of aromatic nitrogens is 2. The van der Waals surface area contributed by atoms with Crippen LogP contribution in [0.25, 0.3) is 22.7 Å². The fourth-order valence-electron chi connectivity index (χ4n) is 3.06. The Kier molecular flexibility index (Phi) is 5.37. The first-order valence-corrected chi connectivity index (χ1v) is 9.25. The number of carbonyl (C=O) groups excluding carboxylic acids is 1. The molecule has 0 saturated carbocycles. The van der Waals surface area contributed by atoms with Crippen LogP contribution in [0.3, 0.4) is 0 Å². The van der Waals surface area contributed by atoms with Gasteiger partial charge >= 0.3 is 0 Å². The van der Waals surface area contributed by atoms with E-state index in [2.05, 4.69) is 21.8 Å². The van der Waals surface area contributed by atoms with Crippen molar-refractivity contribution in [2.45, 2.75) is 0 Å². The first kappa shape index (κ1) is 19.7. The largest absolute Gasteiger partial charge is 0.505 e. The second kappa shape index (κ2) is 8.43. The molecule has 4 rings (SSSR count). The highest BCUT2D eigenvalue weighted by molar-refractivity contribution is 6.02. The summed E-state index contributed by atoms with van der Waals surface area (Å²) in [5.74, 6) is 5.24. The monoisotopic (exact) mass is 411 g/mol. The van der Waals surface area contributed by atoms with Crippen molar-refractivity contribution in [1.82, 2.24) is 9.97 Å². The average Bonchev–Trinajstić information content (AvgIpc) is 3.33. The van der Waals surface area contributed by atoms with Gasteiger partial charge in [0.2, 0.25) is 0 Å². The molecule has 152 valence electrons. The van der Waals surface area contributed by atoms with Crippen LogP contribution in [0.5, 0.6) is 11.5 Å². The van der Waals surface area contributed by atoms with Gasteiger partial charge < -0.3 is 20.0 Å². The molecule has 31 heavy (non-hydrogen) atoms. The van der Waals surface area contributed by atoms with E-state index in [4.69, 9.17) is 14.9 Å². The molecule has 0 aliphatic heterocycles. The van der Waals surface area contributed by atoms with Crippen LogP contribution in [-0.2, 0) is 0 Å². The molecule has 0 unspecified atom stereocenters. The second-order valence-corrected chi connectivity index (χ2v) is 6.48. The van der Waals surface area contributed by atoms with Gasteiger partial charge in [-0.1, -0.05) is 24.0 Å². The number of hydrogen-bond acceptors (Lipinski definition) is 6. The summed E-state index contributed by atoms with van der Waals surface area (Å²) in [7, 11) is 1.38. The number of nitrogens with two attached hydrogens (primary N) is 1. The van der Waals surface area contributed by atoms with Crippen molar-refractivity contribution in [2.75, 3.05) is 7.11 Å². The van der Waals surface area contributed by atoms with Crippen LogP contribution in [0.15, 0.2) is 71.6 Å². The summed E-state index contributed by atoms with van der Waals surface area (Å²) >= 11 is 0. The zero-order valence-electron chi connectivity index (χ0n) is 16.5. The fraction of sp³-hybridized carbons (Fsp3) is 0.0417. The Morgan fingerprint density at radius 3 is 2.45 bits per heavy atom. The summed E-state index contributed by atoms with van der Waals surface area (Å²) in [4.78, 5) is 20.6. The number of ether oxygens (including phenoxy) is 1. The van der Waals surface area contributed by atoms with Crippen LogP contribution in [0.4, 0.5) is 0 Å². The molecule has 7 nitrogen and oxygen atoms in total. The van der Waals surface area contributed by atoms with E-state index in [1.807, 2.05) is 24.3 Å². The van der Waals surface area contributed by atoms with Gasteiger partial charge in [0.05, 0.1) is 13.4 Å². The van der Waals surface area contributed by atoms with E-state index < -0.39 is 11.7 Å². The Morgan fingerprint density at radius 1 is 1.06 bits per heavy atom. The van der Waals surface area contributed by atoms with Gasteiger partial charge in [-0.15, -0.1) is 0 Å². The highest BCUT2D eigenvalue weighted by atomic mass is 16.5. The first-order chi connectivity index (χ1) is 15.1. The number of benzene rings is 1. The third-order valence-electron chi connectivity index (χ3n) is 4.50. The Morgan fingerprint density at radius 2 is 1.84 bits per heavy atom. The van der Waals surface area contributed by atoms with Crippen molar-refractivity contribution < 1.29 is 19.1 Å². The second-order valence-electron chi connectivity index (χ2n) is 6.48. The molecule has 3 N–H and O–H groups in total. The third kappa shape index (κ3) is 3.95. The first-order valence-electron chi connectivity index (χ1n) is 9.25. The van der Waals surface area contributed by atoms with Crippen LogP contribution in [0, 0.1) is 11.8 Å². The smallest absolute Gasteiger partial charge is 0.256 e. The Labute approximate surface area is 178 Å². The molecule has 0 aliphatic rings. The molecule has 0 spiro atoms. The summed E-state index contributed by atoms with van der Waals surface area (Å²) in [6.45, 7) is 0. The van der Waals surface area contributed by atoms with Crippen LogP contribution in [0.1, 0.15) is 21.5 Å². The molecule has 0 aliphatic carbocycles. The number of carbonyl (C=O) groups is 1. The van der Waals surface area contributed by atoms with Crippen molar-refractivity contribution in [3.8, 4) is 46.1 Å². The van der Waals surface area contributed by atoms with Gasteiger partial charge in [0, 0.05) is 29.1 Å². The molecule has 0 atom stereocenters. The maximum absolute atomic E-state index is 12.1. The SMILES string of the molecule is COc1c(-c2ccc(C#Cc3cccnc3)cc2)nc(-c2ccco2)c(O)c1C(N)=O. The van der Waals surface area contributed by atoms with Crippen LogP contribution >= 0.6 is 0 Å². The van der Waals surface area contributed by atoms with Crippen molar-refractivity contribution in [3.63, 3.8) is 0 Å². The summed E-state index contributed by atoms with van der Waals surface area (Å²) in [6.07, 6.45) is 4.82. The minimum absolute atomic E-state index is 0.0782. The minimum atomic E-state index is -0.843. The number of amides is 1. The molecule has 0 fully saturated rings. The predicted octanol–water partition coefficient (Wildman–Crippen LogP) is 3.62. The summed E-state index contributed by atoms with van der Waals surface area (Å²) in [5.41, 5.74) is 8.03. The normalized spacial score (nSPS) is 10.2. The summed E-state index contributed by atoms with van der Waals surface area (Å²) in [6, 6.07) is 14.2. The number of hydrogen-bond donors (Lipinski definition) is 2. The van der Waals surface area contributed by atoms with E-state index in [0.29, 0.717) is 17.0 Å². The minimum Gasteiger partial charge on any atom is -0.505 e. The van der Waals surface area contributed by atoms with Crippen molar-refractivity contribution in [1.29, 1.82) is 0 Å². The van der Waals surface area contributed by atoms with E-state index in [1.54, 1.807) is 36.7 Å². The van der Waals surface area contributed by atoms with Gasteiger partial charge in [-0.2, -0.15) is 0 Å². The predicted molar refractivity (Wildman–Crippen MR) is 114 cm³/mol. The van der Waals surface area contributed by atoms with Crippen molar-refractivity contribution in [2.24, 2.45) is 5.73 Å². The van der Waals surface area contributed by atoms with Crippen LogP contribution < -0.4 is 10.5 Å². The van der Waals surface area contributed by atoms with Gasteiger partial charge in [0.15, 0.2) is 17.3 Å². The lowest BCUT2D eigenvalue weighted by Gasteiger charge is -2.15. The van der Waals surface area contributed by atoms with Gasteiger partial charge in [-0.25, -0.2) is 4.98 Å². The van der Waals surface area contributed by atoms with Crippen molar-refractivity contribution in [3.05, 3.63) is 83.9 Å². The van der Waals surface area contributed by atoms with Crippen LogP contribution in [-0.4, -0.2) is 28.1 Å². The summed E-state index contributed by atoms with van der Waals surface area (Å²) < 4.78 is 10.7. The highest BCUT2D eigenvalue weighted by Gasteiger charge is 2.26. The number of pyridine rings is 2. The molecule has 4 aromatic rings. The third-order valence-corrected chi connectivity index (χ3v) is 4.50. The van der Waals surface area contributed by atoms with Gasteiger partial charge in [0.1, 0.15) is 17.0 Å². The molecule has 3 aromatic heterocycles. The quantitative estimate of drug-likeness (QED) is 0.496. The maximum Gasteiger partial charge on any atom is 0.256 e. The lowest BCUT2D eigenvalue weighted by Crippen LogP contribution is -2.14. The molecule has 0 radical (unpaired) electrons. The van der Waals surface area contributed by atoms with E-state index in [-0.39, 0.29) is 17.0 Å². The van der Waals surface area contributed by atoms with E-state index in [1.165, 1.54) is 13.4 Å². The number of primary amides is 1. The molecule has 0 bridgehead atoms. The molecular weight excluding hydrogens is 394 g/mol. The molecular formula is C24H17N3O4.